The zero-order chi connectivity index (χ0) is 15.6. The molecule has 1 aromatic heterocycles. The predicted molar refractivity (Wildman–Crippen MR) is 85.1 cm³/mol. The van der Waals surface area contributed by atoms with Crippen molar-refractivity contribution >= 4 is 34.8 Å². The molecule has 0 bridgehead atoms. The second-order valence-corrected chi connectivity index (χ2v) is 6.30. The zero-order valence-electron chi connectivity index (χ0n) is 11.9. The standard InChI is InChI=1S/C15H15Cl2N3O/c1-15(2,3)10-7-5-4-6-9(10)14(21)20-11-12(16)18-8-19-13(11)17/h4-8H,1-3H3,(H,20,21). The van der Waals surface area contributed by atoms with Crippen LogP contribution in [0.15, 0.2) is 30.6 Å². The van der Waals surface area contributed by atoms with E-state index in [2.05, 4.69) is 15.3 Å². The minimum Gasteiger partial charge on any atom is -0.317 e. The van der Waals surface area contributed by atoms with Crippen LogP contribution in [0.1, 0.15) is 36.7 Å². The average Bonchev–Trinajstić information content (AvgIpc) is 2.42. The molecule has 0 fully saturated rings. The number of rotatable bonds is 2. The Morgan fingerprint density at radius 3 is 2.24 bits per heavy atom. The molecule has 1 heterocycles. The van der Waals surface area contributed by atoms with E-state index in [0.717, 1.165) is 5.56 Å². The Morgan fingerprint density at radius 2 is 1.67 bits per heavy atom. The van der Waals surface area contributed by atoms with Gasteiger partial charge in [0.2, 0.25) is 0 Å². The Kier molecular flexibility index (Phi) is 4.49. The van der Waals surface area contributed by atoms with Gasteiger partial charge in [-0.05, 0) is 17.0 Å². The van der Waals surface area contributed by atoms with E-state index in [1.54, 1.807) is 6.07 Å². The molecule has 2 rings (SSSR count). The van der Waals surface area contributed by atoms with Gasteiger partial charge in [-0.2, -0.15) is 0 Å². The molecule has 1 aromatic carbocycles. The van der Waals surface area contributed by atoms with Crippen molar-refractivity contribution in [2.75, 3.05) is 5.32 Å². The van der Waals surface area contributed by atoms with Crippen LogP contribution in [0.2, 0.25) is 10.3 Å². The van der Waals surface area contributed by atoms with Gasteiger partial charge in [-0.1, -0.05) is 62.2 Å². The van der Waals surface area contributed by atoms with Crippen molar-refractivity contribution < 1.29 is 4.79 Å². The molecule has 0 spiro atoms. The molecule has 21 heavy (non-hydrogen) atoms. The van der Waals surface area contributed by atoms with Gasteiger partial charge >= 0.3 is 0 Å². The van der Waals surface area contributed by atoms with Crippen molar-refractivity contribution in [2.45, 2.75) is 26.2 Å². The molecule has 6 heteroatoms. The number of nitrogens with one attached hydrogen (secondary N) is 1. The molecule has 4 nitrogen and oxygen atoms in total. The van der Waals surface area contributed by atoms with Crippen molar-refractivity contribution in [3.8, 4) is 0 Å². The molecule has 0 saturated heterocycles. The molecule has 0 aliphatic carbocycles. The fraction of sp³-hybridized carbons (Fsp3) is 0.267. The van der Waals surface area contributed by atoms with Crippen molar-refractivity contribution in [1.29, 1.82) is 0 Å². The van der Waals surface area contributed by atoms with Crippen LogP contribution in [0.5, 0.6) is 0 Å². The summed E-state index contributed by atoms with van der Waals surface area (Å²) < 4.78 is 0. The van der Waals surface area contributed by atoms with Gasteiger partial charge in [0.25, 0.3) is 5.91 Å². The summed E-state index contributed by atoms with van der Waals surface area (Å²) in [5, 5.41) is 2.90. The lowest BCUT2D eigenvalue weighted by Crippen LogP contribution is -2.21. The van der Waals surface area contributed by atoms with Crippen LogP contribution in [-0.4, -0.2) is 15.9 Å². The highest BCUT2D eigenvalue weighted by molar-refractivity contribution is 6.38. The van der Waals surface area contributed by atoms with Crippen LogP contribution < -0.4 is 5.32 Å². The van der Waals surface area contributed by atoms with E-state index in [1.807, 2.05) is 39.0 Å². The quantitative estimate of drug-likeness (QED) is 0.836. The number of benzene rings is 1. The average molecular weight is 324 g/mol. The summed E-state index contributed by atoms with van der Waals surface area (Å²) in [6.07, 6.45) is 1.24. The highest BCUT2D eigenvalue weighted by Gasteiger charge is 2.22. The number of amides is 1. The molecular formula is C15H15Cl2N3O. The van der Waals surface area contributed by atoms with Crippen LogP contribution >= 0.6 is 23.2 Å². The number of halogens is 2. The lowest BCUT2D eigenvalue weighted by atomic mass is 9.83. The summed E-state index contributed by atoms with van der Waals surface area (Å²) in [6.45, 7) is 6.14. The number of hydrogen-bond donors (Lipinski definition) is 1. The van der Waals surface area contributed by atoms with Crippen LogP contribution in [0.3, 0.4) is 0 Å². The Morgan fingerprint density at radius 1 is 1.10 bits per heavy atom. The minimum atomic E-state index is -0.292. The van der Waals surface area contributed by atoms with Crippen molar-refractivity contribution in [2.24, 2.45) is 0 Å². The first-order valence-electron chi connectivity index (χ1n) is 6.37. The molecule has 1 N–H and O–H groups in total. The van der Waals surface area contributed by atoms with Gasteiger partial charge < -0.3 is 5.32 Å². The lowest BCUT2D eigenvalue weighted by molar-refractivity contribution is 0.102. The van der Waals surface area contributed by atoms with E-state index >= 15 is 0 Å². The maximum absolute atomic E-state index is 12.5. The molecule has 0 unspecified atom stereocenters. The predicted octanol–water partition coefficient (Wildman–Crippen LogP) is 4.33. The first-order valence-corrected chi connectivity index (χ1v) is 7.13. The normalized spacial score (nSPS) is 11.3. The maximum atomic E-state index is 12.5. The minimum absolute atomic E-state index is 0.108. The molecule has 1 amide bonds. The molecule has 2 aromatic rings. The van der Waals surface area contributed by atoms with Gasteiger partial charge in [-0.15, -0.1) is 0 Å². The van der Waals surface area contributed by atoms with Crippen molar-refractivity contribution in [1.82, 2.24) is 9.97 Å². The van der Waals surface area contributed by atoms with E-state index < -0.39 is 0 Å². The topological polar surface area (TPSA) is 54.9 Å². The molecule has 0 saturated carbocycles. The fourth-order valence-electron chi connectivity index (χ4n) is 1.96. The van der Waals surface area contributed by atoms with E-state index in [-0.39, 0.29) is 27.3 Å². The zero-order valence-corrected chi connectivity index (χ0v) is 13.5. The first kappa shape index (κ1) is 15.7. The first-order chi connectivity index (χ1) is 9.80. The van der Waals surface area contributed by atoms with Crippen LogP contribution in [0.25, 0.3) is 0 Å². The van der Waals surface area contributed by atoms with Crippen molar-refractivity contribution in [3.63, 3.8) is 0 Å². The van der Waals surface area contributed by atoms with Gasteiger partial charge in [0, 0.05) is 5.56 Å². The number of anilines is 1. The molecule has 0 aliphatic rings. The van der Waals surface area contributed by atoms with E-state index in [4.69, 9.17) is 23.2 Å². The number of aromatic nitrogens is 2. The fourth-order valence-corrected chi connectivity index (χ4v) is 2.37. The highest BCUT2D eigenvalue weighted by atomic mass is 35.5. The Balaban J connectivity index is 2.38. The van der Waals surface area contributed by atoms with Crippen LogP contribution in [0, 0.1) is 0 Å². The van der Waals surface area contributed by atoms with Crippen LogP contribution in [-0.2, 0) is 5.41 Å². The summed E-state index contributed by atoms with van der Waals surface area (Å²) in [5.41, 5.74) is 1.57. The molecule has 110 valence electrons. The second-order valence-electron chi connectivity index (χ2n) is 5.58. The number of carbonyl (C=O) groups is 1. The molecule has 0 radical (unpaired) electrons. The molecular weight excluding hydrogens is 309 g/mol. The summed E-state index contributed by atoms with van der Waals surface area (Å²) in [7, 11) is 0. The van der Waals surface area contributed by atoms with E-state index in [1.165, 1.54) is 6.33 Å². The largest absolute Gasteiger partial charge is 0.317 e. The number of carbonyl (C=O) groups excluding carboxylic acids is 1. The molecule has 0 atom stereocenters. The second kappa shape index (κ2) is 6.00. The van der Waals surface area contributed by atoms with Gasteiger partial charge in [-0.25, -0.2) is 9.97 Å². The van der Waals surface area contributed by atoms with Crippen molar-refractivity contribution in [3.05, 3.63) is 52.0 Å². The van der Waals surface area contributed by atoms with Gasteiger partial charge in [-0.3, -0.25) is 4.79 Å². The van der Waals surface area contributed by atoms with E-state index in [9.17, 15) is 4.79 Å². The van der Waals surface area contributed by atoms with Gasteiger partial charge in [0.15, 0.2) is 10.3 Å². The highest BCUT2D eigenvalue weighted by Crippen LogP contribution is 2.29. The van der Waals surface area contributed by atoms with Gasteiger partial charge in [0.1, 0.15) is 12.0 Å². The third kappa shape index (κ3) is 3.52. The Bertz CT molecular complexity index is 661. The Hall–Kier alpha value is -1.65. The van der Waals surface area contributed by atoms with Gasteiger partial charge in [0.05, 0.1) is 0 Å². The van der Waals surface area contributed by atoms with E-state index in [0.29, 0.717) is 5.56 Å². The summed E-state index contributed by atoms with van der Waals surface area (Å²) in [5.74, 6) is -0.292. The summed E-state index contributed by atoms with van der Waals surface area (Å²) in [6, 6.07) is 7.42. The summed E-state index contributed by atoms with van der Waals surface area (Å²) in [4.78, 5) is 20.1. The van der Waals surface area contributed by atoms with Crippen LogP contribution in [0.4, 0.5) is 5.69 Å². The Labute approximate surface area is 133 Å². The third-order valence-corrected chi connectivity index (χ3v) is 3.55. The number of nitrogens with zero attached hydrogens (tertiary/aromatic N) is 2. The SMILES string of the molecule is CC(C)(C)c1ccccc1C(=O)Nc1c(Cl)ncnc1Cl. The summed E-state index contributed by atoms with van der Waals surface area (Å²) >= 11 is 11.9. The maximum Gasteiger partial charge on any atom is 0.256 e. The monoisotopic (exact) mass is 323 g/mol. The number of hydrogen-bond acceptors (Lipinski definition) is 3. The molecule has 0 aliphatic heterocycles. The third-order valence-electron chi connectivity index (χ3n) is 2.97. The lowest BCUT2D eigenvalue weighted by Gasteiger charge is -2.22. The smallest absolute Gasteiger partial charge is 0.256 e.